The SMILES string of the molecule is CC(=O)N1CCc2ccccc2C1CC(=O)NC(C)CCO. The van der Waals surface area contributed by atoms with E-state index in [-0.39, 0.29) is 36.9 Å². The summed E-state index contributed by atoms with van der Waals surface area (Å²) in [6, 6.07) is 7.72. The van der Waals surface area contributed by atoms with Crippen LogP contribution >= 0.6 is 0 Å². The highest BCUT2D eigenvalue weighted by Gasteiger charge is 2.30. The van der Waals surface area contributed by atoms with Crippen molar-refractivity contribution in [1.29, 1.82) is 0 Å². The molecular weight excluding hydrogens is 280 g/mol. The standard InChI is InChI=1S/C17H24N2O3/c1-12(8-10-20)18-17(22)11-16-15-6-4-3-5-14(15)7-9-19(16)13(2)21/h3-6,12,16,20H,7-11H2,1-2H3,(H,18,22). The number of carbonyl (C=O) groups excluding carboxylic acids is 2. The molecule has 1 aromatic carbocycles. The third-order valence-corrected chi connectivity index (χ3v) is 4.17. The van der Waals surface area contributed by atoms with E-state index in [1.54, 1.807) is 11.8 Å². The van der Waals surface area contributed by atoms with Crippen molar-refractivity contribution in [3.05, 3.63) is 35.4 Å². The lowest BCUT2D eigenvalue weighted by Crippen LogP contribution is -2.42. The predicted octanol–water partition coefficient (Wildman–Crippen LogP) is 1.41. The largest absolute Gasteiger partial charge is 0.396 e. The van der Waals surface area contributed by atoms with Crippen molar-refractivity contribution in [2.24, 2.45) is 0 Å². The van der Waals surface area contributed by atoms with Gasteiger partial charge in [-0.3, -0.25) is 9.59 Å². The summed E-state index contributed by atoms with van der Waals surface area (Å²) >= 11 is 0. The average molecular weight is 304 g/mol. The van der Waals surface area contributed by atoms with Gasteiger partial charge in [-0.2, -0.15) is 0 Å². The molecule has 120 valence electrons. The molecule has 0 saturated carbocycles. The molecule has 5 nitrogen and oxygen atoms in total. The molecule has 0 bridgehead atoms. The number of nitrogens with one attached hydrogen (secondary N) is 1. The molecule has 1 aliphatic heterocycles. The Balaban J connectivity index is 2.14. The van der Waals surface area contributed by atoms with Crippen molar-refractivity contribution in [3.63, 3.8) is 0 Å². The van der Waals surface area contributed by atoms with Gasteiger partial charge in [0.1, 0.15) is 0 Å². The number of fused-ring (bicyclic) bond motifs is 1. The Labute approximate surface area is 131 Å². The third kappa shape index (κ3) is 3.85. The molecule has 2 unspecified atom stereocenters. The van der Waals surface area contributed by atoms with Gasteiger partial charge in [0.25, 0.3) is 0 Å². The first-order valence-corrected chi connectivity index (χ1v) is 7.78. The van der Waals surface area contributed by atoms with E-state index in [9.17, 15) is 9.59 Å². The Morgan fingerprint density at radius 3 is 2.82 bits per heavy atom. The van der Waals surface area contributed by atoms with Gasteiger partial charge in [0.15, 0.2) is 0 Å². The van der Waals surface area contributed by atoms with Crippen molar-refractivity contribution >= 4 is 11.8 Å². The Bertz CT molecular complexity index is 544. The van der Waals surface area contributed by atoms with E-state index in [0.717, 1.165) is 12.0 Å². The van der Waals surface area contributed by atoms with Gasteiger partial charge < -0.3 is 15.3 Å². The van der Waals surface area contributed by atoms with Gasteiger partial charge in [0.05, 0.1) is 12.5 Å². The van der Waals surface area contributed by atoms with Crippen molar-refractivity contribution in [1.82, 2.24) is 10.2 Å². The topological polar surface area (TPSA) is 69.6 Å². The Morgan fingerprint density at radius 1 is 1.41 bits per heavy atom. The Hall–Kier alpha value is -1.88. The van der Waals surface area contributed by atoms with Crippen LogP contribution in [-0.2, 0) is 16.0 Å². The molecule has 5 heteroatoms. The van der Waals surface area contributed by atoms with Crippen molar-refractivity contribution in [2.75, 3.05) is 13.2 Å². The fourth-order valence-corrected chi connectivity index (χ4v) is 3.02. The van der Waals surface area contributed by atoms with E-state index in [2.05, 4.69) is 11.4 Å². The summed E-state index contributed by atoms with van der Waals surface area (Å²) in [5.74, 6) is -0.0930. The van der Waals surface area contributed by atoms with Crippen LogP contribution in [-0.4, -0.2) is 41.0 Å². The van der Waals surface area contributed by atoms with Crippen LogP contribution in [0.4, 0.5) is 0 Å². The van der Waals surface area contributed by atoms with Gasteiger partial charge in [-0.05, 0) is 30.9 Å². The Kier molecular flexibility index (Phi) is 5.55. The molecule has 0 aromatic heterocycles. The van der Waals surface area contributed by atoms with Crippen molar-refractivity contribution in [2.45, 2.75) is 45.2 Å². The number of aliphatic hydroxyl groups is 1. The summed E-state index contributed by atoms with van der Waals surface area (Å²) in [5, 5.41) is 11.8. The quantitative estimate of drug-likeness (QED) is 0.864. The summed E-state index contributed by atoms with van der Waals surface area (Å²) in [6.07, 6.45) is 1.62. The zero-order chi connectivity index (χ0) is 16.1. The van der Waals surface area contributed by atoms with E-state index in [0.29, 0.717) is 13.0 Å². The van der Waals surface area contributed by atoms with Gasteiger partial charge in [0, 0.05) is 26.1 Å². The van der Waals surface area contributed by atoms with Crippen LogP contribution in [0.25, 0.3) is 0 Å². The number of benzene rings is 1. The molecule has 2 N–H and O–H groups in total. The second-order valence-electron chi connectivity index (χ2n) is 5.86. The van der Waals surface area contributed by atoms with E-state index in [1.165, 1.54) is 5.56 Å². The van der Waals surface area contributed by atoms with Gasteiger partial charge in [-0.1, -0.05) is 24.3 Å². The Morgan fingerprint density at radius 2 is 2.14 bits per heavy atom. The van der Waals surface area contributed by atoms with Crippen molar-refractivity contribution < 1.29 is 14.7 Å². The normalized spacial score (nSPS) is 18.5. The third-order valence-electron chi connectivity index (χ3n) is 4.17. The second-order valence-corrected chi connectivity index (χ2v) is 5.86. The molecule has 1 aromatic rings. The molecule has 22 heavy (non-hydrogen) atoms. The van der Waals surface area contributed by atoms with Crippen molar-refractivity contribution in [3.8, 4) is 0 Å². The number of hydrogen-bond donors (Lipinski definition) is 2. The minimum absolute atomic E-state index is 0.00397. The van der Waals surface area contributed by atoms with Crippen LogP contribution in [0.2, 0.25) is 0 Å². The van der Waals surface area contributed by atoms with Gasteiger partial charge in [-0.25, -0.2) is 0 Å². The zero-order valence-electron chi connectivity index (χ0n) is 13.2. The lowest BCUT2D eigenvalue weighted by Gasteiger charge is -2.36. The number of amides is 2. The number of carbonyl (C=O) groups is 2. The van der Waals surface area contributed by atoms with Crippen LogP contribution in [0.1, 0.15) is 43.9 Å². The van der Waals surface area contributed by atoms with Crippen LogP contribution in [0.5, 0.6) is 0 Å². The zero-order valence-corrected chi connectivity index (χ0v) is 13.2. The summed E-state index contributed by atoms with van der Waals surface area (Å²) in [6.45, 7) is 4.11. The lowest BCUT2D eigenvalue weighted by molar-refractivity contribution is -0.133. The highest BCUT2D eigenvalue weighted by Crippen LogP contribution is 2.32. The molecule has 0 saturated heterocycles. The number of hydrogen-bond acceptors (Lipinski definition) is 3. The molecule has 1 aliphatic rings. The molecule has 0 fully saturated rings. The summed E-state index contributed by atoms with van der Waals surface area (Å²) in [4.78, 5) is 25.9. The molecule has 2 rings (SSSR count). The predicted molar refractivity (Wildman–Crippen MR) is 84.2 cm³/mol. The molecule has 0 spiro atoms. The van der Waals surface area contributed by atoms with E-state index >= 15 is 0 Å². The average Bonchev–Trinajstić information content (AvgIpc) is 2.47. The smallest absolute Gasteiger partial charge is 0.222 e. The summed E-state index contributed by atoms with van der Waals surface area (Å²) < 4.78 is 0. The number of nitrogens with zero attached hydrogens (tertiary/aromatic N) is 1. The van der Waals surface area contributed by atoms with Crippen LogP contribution in [0, 0.1) is 0 Å². The minimum Gasteiger partial charge on any atom is -0.396 e. The van der Waals surface area contributed by atoms with Crippen LogP contribution in [0.3, 0.4) is 0 Å². The molecular formula is C17H24N2O3. The van der Waals surface area contributed by atoms with E-state index < -0.39 is 0 Å². The van der Waals surface area contributed by atoms with Gasteiger partial charge in [-0.15, -0.1) is 0 Å². The van der Waals surface area contributed by atoms with Gasteiger partial charge in [0.2, 0.25) is 11.8 Å². The highest BCUT2D eigenvalue weighted by atomic mass is 16.3. The summed E-state index contributed by atoms with van der Waals surface area (Å²) in [5.41, 5.74) is 2.27. The molecule has 2 amide bonds. The molecule has 0 aliphatic carbocycles. The fourth-order valence-electron chi connectivity index (χ4n) is 3.02. The lowest BCUT2D eigenvalue weighted by atomic mass is 9.90. The first-order chi connectivity index (χ1) is 10.5. The first kappa shape index (κ1) is 16.5. The monoisotopic (exact) mass is 304 g/mol. The van der Waals surface area contributed by atoms with Gasteiger partial charge >= 0.3 is 0 Å². The number of rotatable bonds is 5. The maximum Gasteiger partial charge on any atom is 0.222 e. The maximum atomic E-state index is 12.2. The first-order valence-electron chi connectivity index (χ1n) is 7.78. The fraction of sp³-hybridized carbons (Fsp3) is 0.529. The van der Waals surface area contributed by atoms with E-state index in [1.807, 2.05) is 25.1 Å². The molecule has 1 heterocycles. The van der Waals surface area contributed by atoms with E-state index in [4.69, 9.17) is 5.11 Å². The minimum atomic E-state index is -0.205. The van der Waals surface area contributed by atoms with Crippen LogP contribution < -0.4 is 5.32 Å². The molecule has 0 radical (unpaired) electrons. The number of aliphatic hydroxyl groups excluding tert-OH is 1. The highest BCUT2D eigenvalue weighted by molar-refractivity contribution is 5.79. The van der Waals surface area contributed by atoms with Crippen LogP contribution in [0.15, 0.2) is 24.3 Å². The molecule has 2 atom stereocenters. The second kappa shape index (κ2) is 7.40. The maximum absolute atomic E-state index is 12.2. The summed E-state index contributed by atoms with van der Waals surface area (Å²) in [7, 11) is 0.